The van der Waals surface area contributed by atoms with Gasteiger partial charge in [0.25, 0.3) is 0 Å². The molecule has 0 amide bonds. The molecule has 0 saturated heterocycles. The summed E-state index contributed by atoms with van der Waals surface area (Å²) in [4.78, 5) is 1.35. The lowest BCUT2D eigenvalue weighted by Gasteiger charge is -2.11. The van der Waals surface area contributed by atoms with Gasteiger partial charge in [0.1, 0.15) is 0 Å². The Bertz CT molecular complexity index is 434. The van der Waals surface area contributed by atoms with Crippen molar-refractivity contribution < 1.29 is 8.42 Å². The molecule has 1 aliphatic rings. The fraction of sp³-hybridized carbons (Fsp3) is 0.692. The maximum Gasteiger partial charge on any atom is 0.154 e. The van der Waals surface area contributed by atoms with Gasteiger partial charge in [0, 0.05) is 11.4 Å². The summed E-state index contributed by atoms with van der Waals surface area (Å²) in [5.41, 5.74) is 0. The van der Waals surface area contributed by atoms with Crippen LogP contribution in [0.15, 0.2) is 17.5 Å². The first-order valence-electron chi connectivity index (χ1n) is 6.63. The predicted molar refractivity (Wildman–Crippen MR) is 76.9 cm³/mol. The minimum atomic E-state index is -2.85. The summed E-state index contributed by atoms with van der Waals surface area (Å²) < 4.78 is 24.0. The van der Waals surface area contributed by atoms with Crippen LogP contribution >= 0.6 is 11.3 Å². The van der Waals surface area contributed by atoms with Crippen LogP contribution < -0.4 is 5.32 Å². The van der Waals surface area contributed by atoms with E-state index in [2.05, 4.69) is 16.8 Å². The third-order valence-corrected chi connectivity index (χ3v) is 6.70. The van der Waals surface area contributed by atoms with Crippen molar-refractivity contribution in [3.05, 3.63) is 22.4 Å². The van der Waals surface area contributed by atoms with Crippen LogP contribution in [0.5, 0.6) is 0 Å². The van der Waals surface area contributed by atoms with Gasteiger partial charge >= 0.3 is 0 Å². The topological polar surface area (TPSA) is 46.2 Å². The van der Waals surface area contributed by atoms with E-state index in [4.69, 9.17) is 0 Å². The number of rotatable bonds is 7. The highest BCUT2D eigenvalue weighted by atomic mass is 32.2. The fourth-order valence-electron chi connectivity index (χ4n) is 2.42. The van der Waals surface area contributed by atoms with Gasteiger partial charge in [-0.1, -0.05) is 18.9 Å². The lowest BCUT2D eigenvalue weighted by atomic mass is 10.3. The maximum absolute atomic E-state index is 12.0. The molecule has 0 atom stereocenters. The van der Waals surface area contributed by atoms with Gasteiger partial charge in [-0.3, -0.25) is 0 Å². The van der Waals surface area contributed by atoms with Gasteiger partial charge in [0.15, 0.2) is 9.84 Å². The minimum absolute atomic E-state index is 0.0587. The van der Waals surface area contributed by atoms with Gasteiger partial charge in [-0.05, 0) is 37.3 Å². The van der Waals surface area contributed by atoms with Crippen molar-refractivity contribution in [3.8, 4) is 0 Å². The molecule has 1 fully saturated rings. The van der Waals surface area contributed by atoms with Crippen LogP contribution in [-0.4, -0.2) is 32.5 Å². The molecule has 0 radical (unpaired) electrons. The molecule has 0 unspecified atom stereocenters. The second-order valence-corrected chi connectivity index (χ2v) is 8.29. The highest BCUT2D eigenvalue weighted by Crippen LogP contribution is 2.24. The SMILES string of the molecule is O=S(=O)(CCNCCc1cccs1)C1CCCC1. The first-order chi connectivity index (χ1) is 8.68. The number of thiophene rings is 1. The Morgan fingerprint density at radius 2 is 2.06 bits per heavy atom. The van der Waals surface area contributed by atoms with Crippen LogP contribution in [0.4, 0.5) is 0 Å². The van der Waals surface area contributed by atoms with Crippen molar-refractivity contribution >= 4 is 21.2 Å². The van der Waals surface area contributed by atoms with Crippen molar-refractivity contribution in [1.29, 1.82) is 0 Å². The van der Waals surface area contributed by atoms with E-state index in [1.54, 1.807) is 11.3 Å². The van der Waals surface area contributed by atoms with Gasteiger partial charge in [-0.15, -0.1) is 11.3 Å². The van der Waals surface area contributed by atoms with Gasteiger partial charge < -0.3 is 5.32 Å². The summed E-state index contributed by atoms with van der Waals surface area (Å²) in [7, 11) is -2.85. The average molecular weight is 287 g/mol. The lowest BCUT2D eigenvalue weighted by molar-refractivity contribution is 0.575. The van der Waals surface area contributed by atoms with Crippen LogP contribution in [0.3, 0.4) is 0 Å². The second kappa shape index (κ2) is 6.68. The van der Waals surface area contributed by atoms with Crippen LogP contribution in [0.25, 0.3) is 0 Å². The van der Waals surface area contributed by atoms with Crippen LogP contribution in [0.2, 0.25) is 0 Å². The molecule has 1 heterocycles. The largest absolute Gasteiger partial charge is 0.315 e. The first kappa shape index (κ1) is 14.0. The highest BCUT2D eigenvalue weighted by Gasteiger charge is 2.27. The third kappa shape index (κ3) is 4.07. The second-order valence-electron chi connectivity index (χ2n) is 4.85. The van der Waals surface area contributed by atoms with E-state index in [-0.39, 0.29) is 5.25 Å². The van der Waals surface area contributed by atoms with E-state index in [0.717, 1.165) is 38.6 Å². The molecule has 1 N–H and O–H groups in total. The molecular weight excluding hydrogens is 266 g/mol. The highest BCUT2D eigenvalue weighted by molar-refractivity contribution is 7.92. The number of hydrogen-bond acceptors (Lipinski definition) is 4. The molecule has 0 aromatic carbocycles. The Balaban J connectivity index is 1.62. The predicted octanol–water partition coefficient (Wildman–Crippen LogP) is 2.24. The summed E-state index contributed by atoms with van der Waals surface area (Å²) in [6.45, 7) is 1.45. The Kier molecular flexibility index (Phi) is 5.21. The van der Waals surface area contributed by atoms with Crippen molar-refractivity contribution in [2.75, 3.05) is 18.8 Å². The van der Waals surface area contributed by atoms with Crippen LogP contribution in [0.1, 0.15) is 30.6 Å². The molecule has 0 aliphatic heterocycles. The molecule has 1 aromatic heterocycles. The van der Waals surface area contributed by atoms with Crippen molar-refractivity contribution in [1.82, 2.24) is 5.32 Å². The molecule has 1 saturated carbocycles. The Hall–Kier alpha value is -0.390. The number of hydrogen-bond donors (Lipinski definition) is 1. The van der Waals surface area contributed by atoms with Crippen molar-refractivity contribution in [2.24, 2.45) is 0 Å². The van der Waals surface area contributed by atoms with Gasteiger partial charge in [0.2, 0.25) is 0 Å². The molecule has 2 rings (SSSR count). The molecule has 5 heteroatoms. The molecule has 18 heavy (non-hydrogen) atoms. The third-order valence-electron chi connectivity index (χ3n) is 3.50. The van der Waals surface area contributed by atoms with E-state index in [9.17, 15) is 8.42 Å². The maximum atomic E-state index is 12.0. The molecule has 1 aliphatic carbocycles. The zero-order valence-electron chi connectivity index (χ0n) is 10.6. The van der Waals surface area contributed by atoms with E-state index in [0.29, 0.717) is 12.3 Å². The molecular formula is C13H21NO2S2. The number of nitrogens with one attached hydrogen (secondary N) is 1. The molecule has 3 nitrogen and oxygen atoms in total. The van der Waals surface area contributed by atoms with E-state index >= 15 is 0 Å². The summed E-state index contributed by atoms with van der Waals surface area (Å²) in [6.07, 6.45) is 4.89. The zero-order valence-corrected chi connectivity index (χ0v) is 12.2. The van der Waals surface area contributed by atoms with Gasteiger partial charge in [-0.25, -0.2) is 8.42 Å². The lowest BCUT2D eigenvalue weighted by Crippen LogP contribution is -2.29. The van der Waals surface area contributed by atoms with E-state index in [1.165, 1.54) is 4.88 Å². The monoisotopic (exact) mass is 287 g/mol. The summed E-state index contributed by atoms with van der Waals surface area (Å²) >= 11 is 1.75. The zero-order chi connectivity index (χ0) is 12.8. The molecule has 0 bridgehead atoms. The summed E-state index contributed by atoms with van der Waals surface area (Å²) in [5.74, 6) is 0.294. The minimum Gasteiger partial charge on any atom is -0.315 e. The molecule has 102 valence electrons. The standard InChI is InChI=1S/C13H21NO2S2/c15-18(16,13-5-1-2-6-13)11-9-14-8-7-12-4-3-10-17-12/h3-4,10,13-14H,1-2,5-9,11H2. The van der Waals surface area contributed by atoms with Crippen LogP contribution in [0, 0.1) is 0 Å². The average Bonchev–Trinajstić information content (AvgIpc) is 3.02. The number of sulfone groups is 1. The molecule has 0 spiro atoms. The fourth-order valence-corrected chi connectivity index (χ4v) is 4.94. The Morgan fingerprint density at radius 1 is 1.28 bits per heavy atom. The van der Waals surface area contributed by atoms with Crippen molar-refractivity contribution in [3.63, 3.8) is 0 Å². The smallest absolute Gasteiger partial charge is 0.154 e. The summed E-state index contributed by atoms with van der Waals surface area (Å²) in [6, 6.07) is 4.16. The Morgan fingerprint density at radius 3 is 2.72 bits per heavy atom. The van der Waals surface area contributed by atoms with Gasteiger partial charge in [0.05, 0.1) is 11.0 Å². The normalized spacial score (nSPS) is 17.3. The molecule has 1 aromatic rings. The van der Waals surface area contributed by atoms with Crippen molar-refractivity contribution in [2.45, 2.75) is 37.4 Å². The van der Waals surface area contributed by atoms with Crippen LogP contribution in [-0.2, 0) is 16.3 Å². The van der Waals surface area contributed by atoms with E-state index in [1.807, 2.05) is 6.07 Å². The van der Waals surface area contributed by atoms with E-state index < -0.39 is 9.84 Å². The first-order valence-corrected chi connectivity index (χ1v) is 9.23. The van der Waals surface area contributed by atoms with Gasteiger partial charge in [-0.2, -0.15) is 0 Å². The summed E-state index contributed by atoms with van der Waals surface area (Å²) in [5, 5.41) is 5.24. The quantitative estimate of drug-likeness (QED) is 0.782. The Labute approximate surface area is 114 Å².